The Hall–Kier alpha value is -4.01. The fourth-order valence-electron chi connectivity index (χ4n) is 4.05. The highest BCUT2D eigenvalue weighted by molar-refractivity contribution is 5.87. The molecule has 0 spiro atoms. The summed E-state index contributed by atoms with van der Waals surface area (Å²) >= 11 is 0. The number of nitrogens with two attached hydrogens (primary N) is 1. The Labute approximate surface area is 231 Å². The number of nitrogens with zero attached hydrogens (tertiary/aromatic N) is 8. The van der Waals surface area contributed by atoms with Crippen molar-refractivity contribution in [2.24, 2.45) is 0 Å². The van der Waals surface area contributed by atoms with Crippen molar-refractivity contribution < 1.29 is 23.1 Å². The molecule has 13 nitrogen and oxygen atoms in total. The fourth-order valence-corrected chi connectivity index (χ4v) is 4.05. The number of anilines is 3. The number of carbonyl (C=O) groups excluding carboxylic acids is 2. The van der Waals surface area contributed by atoms with Crippen LogP contribution in [0.25, 0.3) is 11.4 Å². The van der Waals surface area contributed by atoms with Gasteiger partial charge in [0.15, 0.2) is 5.82 Å². The van der Waals surface area contributed by atoms with Crippen molar-refractivity contribution in [3.63, 3.8) is 0 Å². The summed E-state index contributed by atoms with van der Waals surface area (Å²) < 4.78 is 33.2. The standard InChI is InChI=1S/C25H36F2N10O3/c1-3-7-19(39)35(2)9-5-4-6-10-36(11-8-29-17-38)24-32-22(18-16-30-23(28)31-20(18)21(26)27)33-25(34-24)37-12-14-40-15-13-37/h3,7,16-17,21H,4-6,8-15H2,1-2H3,(H,29,38)(H2,28,30,31)/b7-3+. The van der Waals surface area contributed by atoms with Crippen molar-refractivity contribution in [2.75, 3.05) is 75.1 Å². The van der Waals surface area contributed by atoms with Gasteiger partial charge in [-0.1, -0.05) is 6.08 Å². The van der Waals surface area contributed by atoms with Crippen LogP contribution in [0.3, 0.4) is 0 Å². The van der Waals surface area contributed by atoms with Gasteiger partial charge in [-0.2, -0.15) is 15.0 Å². The third-order valence-electron chi connectivity index (χ3n) is 6.19. The number of alkyl halides is 2. The zero-order chi connectivity index (χ0) is 28.9. The van der Waals surface area contributed by atoms with E-state index in [1.807, 2.05) is 9.80 Å². The Balaban J connectivity index is 1.87. The van der Waals surface area contributed by atoms with Gasteiger partial charge in [-0.05, 0) is 32.3 Å². The van der Waals surface area contributed by atoms with Gasteiger partial charge in [-0.15, -0.1) is 0 Å². The van der Waals surface area contributed by atoms with Gasteiger partial charge in [0.05, 0.1) is 18.8 Å². The van der Waals surface area contributed by atoms with E-state index in [0.29, 0.717) is 64.8 Å². The fraction of sp³-hybridized carbons (Fsp3) is 0.560. The van der Waals surface area contributed by atoms with Crippen LogP contribution in [0.4, 0.5) is 26.6 Å². The monoisotopic (exact) mass is 562 g/mol. The molecule has 3 rings (SSSR count). The SMILES string of the molecule is C/C=C/C(=O)N(C)CCCCCN(CCNC=O)c1nc(-c2cnc(N)nc2C(F)F)nc(N2CCOCC2)n1. The maximum atomic E-state index is 13.9. The molecule has 0 aliphatic carbocycles. The minimum atomic E-state index is -2.92. The van der Waals surface area contributed by atoms with Crippen molar-refractivity contribution >= 4 is 30.2 Å². The van der Waals surface area contributed by atoms with Crippen LogP contribution in [0.15, 0.2) is 18.3 Å². The van der Waals surface area contributed by atoms with E-state index in [1.165, 1.54) is 12.3 Å². The summed E-state index contributed by atoms with van der Waals surface area (Å²) in [6, 6.07) is 0. The molecular weight excluding hydrogens is 526 g/mol. The molecule has 40 heavy (non-hydrogen) atoms. The minimum Gasteiger partial charge on any atom is -0.378 e. The van der Waals surface area contributed by atoms with E-state index in [4.69, 9.17) is 10.5 Å². The number of allylic oxidation sites excluding steroid dienone is 1. The lowest BCUT2D eigenvalue weighted by Gasteiger charge is -2.29. The number of unbranched alkanes of at least 4 members (excludes halogenated alkanes) is 2. The molecule has 0 atom stereocenters. The third-order valence-corrected chi connectivity index (χ3v) is 6.19. The van der Waals surface area contributed by atoms with Crippen LogP contribution >= 0.6 is 0 Å². The molecule has 3 heterocycles. The summed E-state index contributed by atoms with van der Waals surface area (Å²) in [6.45, 7) is 5.63. The van der Waals surface area contributed by atoms with Gasteiger partial charge in [0.25, 0.3) is 6.43 Å². The number of nitrogen functional groups attached to an aromatic ring is 1. The first-order chi connectivity index (χ1) is 19.3. The van der Waals surface area contributed by atoms with E-state index in [9.17, 15) is 18.4 Å². The van der Waals surface area contributed by atoms with E-state index in [-0.39, 0.29) is 29.2 Å². The molecule has 0 bridgehead atoms. The number of nitrogens with one attached hydrogen (secondary N) is 1. The van der Waals surface area contributed by atoms with E-state index in [2.05, 4.69) is 30.2 Å². The molecule has 2 amide bonds. The Morgan fingerprint density at radius 2 is 1.90 bits per heavy atom. The van der Waals surface area contributed by atoms with Crippen molar-refractivity contribution in [1.29, 1.82) is 0 Å². The van der Waals surface area contributed by atoms with Crippen molar-refractivity contribution in [1.82, 2.24) is 35.1 Å². The highest BCUT2D eigenvalue weighted by Crippen LogP contribution is 2.29. The van der Waals surface area contributed by atoms with Crippen LogP contribution in [-0.4, -0.2) is 102 Å². The number of hydrogen-bond acceptors (Lipinski definition) is 11. The first-order valence-electron chi connectivity index (χ1n) is 13.1. The lowest BCUT2D eigenvalue weighted by Crippen LogP contribution is -2.39. The number of aromatic nitrogens is 5. The largest absolute Gasteiger partial charge is 0.378 e. The average Bonchev–Trinajstić information content (AvgIpc) is 2.96. The first kappa shape index (κ1) is 30.5. The molecular formula is C25H36F2N10O3. The Kier molecular flexibility index (Phi) is 11.9. The zero-order valence-electron chi connectivity index (χ0n) is 22.8. The first-order valence-corrected chi connectivity index (χ1v) is 13.1. The van der Waals surface area contributed by atoms with Gasteiger partial charge in [-0.3, -0.25) is 9.59 Å². The zero-order valence-corrected chi connectivity index (χ0v) is 22.8. The maximum absolute atomic E-state index is 13.9. The Bertz CT molecular complexity index is 1150. The minimum absolute atomic E-state index is 0.000690. The van der Waals surface area contributed by atoms with Crippen LogP contribution in [0.2, 0.25) is 0 Å². The number of ether oxygens (including phenoxy) is 1. The quantitative estimate of drug-likeness (QED) is 0.184. The van der Waals surface area contributed by atoms with Crippen molar-refractivity contribution in [2.45, 2.75) is 32.6 Å². The molecule has 1 aliphatic rings. The topological polar surface area (TPSA) is 156 Å². The molecule has 2 aromatic heterocycles. The second kappa shape index (κ2) is 15.5. The molecule has 1 aliphatic heterocycles. The molecule has 0 aromatic carbocycles. The summed E-state index contributed by atoms with van der Waals surface area (Å²) in [6.07, 6.45) is 4.47. The van der Waals surface area contributed by atoms with Gasteiger partial charge in [0.1, 0.15) is 5.69 Å². The number of morpholine rings is 1. The normalized spacial score (nSPS) is 13.6. The van der Waals surface area contributed by atoms with E-state index in [0.717, 1.165) is 19.3 Å². The third kappa shape index (κ3) is 8.76. The number of amides is 2. The van der Waals surface area contributed by atoms with Gasteiger partial charge < -0.3 is 30.5 Å². The Morgan fingerprint density at radius 3 is 2.60 bits per heavy atom. The number of carbonyl (C=O) groups is 2. The highest BCUT2D eigenvalue weighted by Gasteiger charge is 2.24. The van der Waals surface area contributed by atoms with Crippen LogP contribution < -0.4 is 20.9 Å². The van der Waals surface area contributed by atoms with Crippen LogP contribution in [-0.2, 0) is 14.3 Å². The molecule has 2 aromatic rings. The summed E-state index contributed by atoms with van der Waals surface area (Å²) in [5.41, 5.74) is 4.96. The molecule has 0 saturated carbocycles. The summed E-state index contributed by atoms with van der Waals surface area (Å²) in [5, 5.41) is 2.64. The van der Waals surface area contributed by atoms with Crippen LogP contribution in [0.1, 0.15) is 38.3 Å². The molecule has 0 radical (unpaired) electrons. The average molecular weight is 563 g/mol. The van der Waals surface area contributed by atoms with Crippen LogP contribution in [0.5, 0.6) is 0 Å². The smallest absolute Gasteiger partial charge is 0.281 e. The van der Waals surface area contributed by atoms with E-state index < -0.39 is 12.1 Å². The predicted octanol–water partition coefficient (Wildman–Crippen LogP) is 1.44. The number of likely N-dealkylation sites (N-methyl/N-ethyl adjacent to an activating group) is 1. The molecule has 1 saturated heterocycles. The van der Waals surface area contributed by atoms with Gasteiger partial charge in [0, 0.05) is 52.5 Å². The van der Waals surface area contributed by atoms with E-state index in [1.54, 1.807) is 24.9 Å². The number of halogens is 2. The molecule has 1 fully saturated rings. The molecule has 0 unspecified atom stereocenters. The van der Waals surface area contributed by atoms with Gasteiger partial charge >= 0.3 is 0 Å². The highest BCUT2D eigenvalue weighted by atomic mass is 19.3. The van der Waals surface area contributed by atoms with Gasteiger partial charge in [0.2, 0.25) is 30.2 Å². The predicted molar refractivity (Wildman–Crippen MR) is 146 cm³/mol. The molecule has 3 N–H and O–H groups in total. The van der Waals surface area contributed by atoms with Crippen LogP contribution in [0, 0.1) is 0 Å². The molecule has 15 heteroatoms. The summed E-state index contributed by atoms with van der Waals surface area (Å²) in [7, 11) is 1.76. The molecule has 218 valence electrons. The summed E-state index contributed by atoms with van der Waals surface area (Å²) in [4.78, 5) is 49.6. The number of rotatable bonds is 15. The second-order valence-corrected chi connectivity index (χ2v) is 9.07. The lowest BCUT2D eigenvalue weighted by atomic mass is 10.2. The van der Waals surface area contributed by atoms with Gasteiger partial charge in [-0.25, -0.2) is 18.7 Å². The van der Waals surface area contributed by atoms with Crippen molar-refractivity contribution in [3.8, 4) is 11.4 Å². The second-order valence-electron chi connectivity index (χ2n) is 9.07. The Morgan fingerprint density at radius 1 is 1.15 bits per heavy atom. The number of hydrogen-bond donors (Lipinski definition) is 2. The van der Waals surface area contributed by atoms with Crippen molar-refractivity contribution in [3.05, 3.63) is 24.0 Å². The maximum Gasteiger partial charge on any atom is 0.281 e. The van der Waals surface area contributed by atoms with E-state index >= 15 is 0 Å². The summed E-state index contributed by atoms with van der Waals surface area (Å²) in [5.74, 6) is 0.266. The lowest BCUT2D eigenvalue weighted by molar-refractivity contribution is -0.124.